The lowest BCUT2D eigenvalue weighted by atomic mass is 10.2. The van der Waals surface area contributed by atoms with Crippen LogP contribution in [0.2, 0.25) is 10.0 Å². The number of hydrogen-bond acceptors (Lipinski definition) is 4. The summed E-state index contributed by atoms with van der Waals surface area (Å²) in [6.45, 7) is 3.83. The van der Waals surface area contributed by atoms with Gasteiger partial charge in [-0.1, -0.05) is 29.3 Å². The molecule has 1 aromatic heterocycles. The number of rotatable bonds is 5. The van der Waals surface area contributed by atoms with Crippen molar-refractivity contribution in [3.05, 3.63) is 52.1 Å². The Morgan fingerprint density at radius 1 is 1.24 bits per heavy atom. The van der Waals surface area contributed by atoms with Crippen LogP contribution in [0, 0.1) is 0 Å². The van der Waals surface area contributed by atoms with E-state index in [0.717, 1.165) is 5.56 Å². The molecule has 0 spiro atoms. The minimum atomic E-state index is 0.00494. The molecule has 0 fully saturated rings. The second kappa shape index (κ2) is 7.29. The van der Waals surface area contributed by atoms with Gasteiger partial charge in [0.25, 0.3) is 0 Å². The van der Waals surface area contributed by atoms with E-state index in [-0.39, 0.29) is 6.10 Å². The molecule has 0 radical (unpaired) electrons. The first-order chi connectivity index (χ1) is 10.1. The SMILES string of the molecule is CC(C)Oc1c(Cl)cc(/C=N/Nc2ccccn2)cc1Cl. The van der Waals surface area contributed by atoms with Gasteiger partial charge < -0.3 is 4.74 Å². The minimum Gasteiger partial charge on any atom is -0.488 e. The van der Waals surface area contributed by atoms with Crippen LogP contribution in [0.5, 0.6) is 5.75 Å². The Morgan fingerprint density at radius 2 is 1.95 bits per heavy atom. The summed E-state index contributed by atoms with van der Waals surface area (Å²) in [6, 6.07) is 9.01. The molecule has 110 valence electrons. The molecule has 0 aliphatic rings. The molecule has 1 heterocycles. The fourth-order valence-electron chi connectivity index (χ4n) is 1.60. The number of benzene rings is 1. The van der Waals surface area contributed by atoms with Crippen molar-refractivity contribution >= 4 is 35.2 Å². The molecule has 0 amide bonds. The summed E-state index contributed by atoms with van der Waals surface area (Å²) >= 11 is 12.3. The molecule has 0 aliphatic heterocycles. The molecule has 0 aliphatic carbocycles. The second-order valence-electron chi connectivity index (χ2n) is 4.57. The maximum Gasteiger partial charge on any atom is 0.156 e. The number of nitrogens with zero attached hydrogens (tertiary/aromatic N) is 2. The van der Waals surface area contributed by atoms with Gasteiger partial charge in [0.2, 0.25) is 0 Å². The van der Waals surface area contributed by atoms with Crippen molar-refractivity contribution in [2.24, 2.45) is 5.10 Å². The average Bonchev–Trinajstić information content (AvgIpc) is 2.44. The molecule has 1 N–H and O–H groups in total. The van der Waals surface area contributed by atoms with E-state index in [1.807, 2.05) is 32.0 Å². The summed E-state index contributed by atoms with van der Waals surface area (Å²) in [6.07, 6.45) is 3.31. The van der Waals surface area contributed by atoms with Gasteiger partial charge in [-0.05, 0) is 43.7 Å². The number of pyridine rings is 1. The first-order valence-corrected chi connectivity index (χ1v) is 7.17. The summed E-state index contributed by atoms with van der Waals surface area (Å²) in [7, 11) is 0. The van der Waals surface area contributed by atoms with E-state index >= 15 is 0 Å². The molecule has 0 atom stereocenters. The molecule has 0 bridgehead atoms. The van der Waals surface area contributed by atoms with Crippen molar-refractivity contribution in [2.45, 2.75) is 20.0 Å². The zero-order chi connectivity index (χ0) is 15.2. The molecule has 0 unspecified atom stereocenters. The predicted octanol–water partition coefficient (Wildman–Crippen LogP) is 4.62. The van der Waals surface area contributed by atoms with Crippen molar-refractivity contribution in [1.82, 2.24) is 4.98 Å². The maximum absolute atomic E-state index is 6.17. The van der Waals surface area contributed by atoms with Crippen molar-refractivity contribution in [1.29, 1.82) is 0 Å². The lowest BCUT2D eigenvalue weighted by Gasteiger charge is -2.13. The van der Waals surface area contributed by atoms with Crippen LogP contribution in [0.25, 0.3) is 0 Å². The van der Waals surface area contributed by atoms with E-state index in [1.165, 1.54) is 0 Å². The Bertz CT molecular complexity index is 607. The monoisotopic (exact) mass is 323 g/mol. The number of anilines is 1. The molecule has 21 heavy (non-hydrogen) atoms. The zero-order valence-corrected chi connectivity index (χ0v) is 13.2. The Balaban J connectivity index is 2.11. The molecule has 6 heteroatoms. The van der Waals surface area contributed by atoms with Crippen molar-refractivity contribution in [3.8, 4) is 5.75 Å². The molecule has 0 saturated carbocycles. The van der Waals surface area contributed by atoms with Crippen molar-refractivity contribution in [2.75, 3.05) is 5.43 Å². The third-order valence-electron chi connectivity index (χ3n) is 2.43. The minimum absolute atomic E-state index is 0.00494. The summed E-state index contributed by atoms with van der Waals surface area (Å²) < 4.78 is 5.57. The molecular weight excluding hydrogens is 309 g/mol. The van der Waals surface area contributed by atoms with E-state index in [4.69, 9.17) is 27.9 Å². The van der Waals surface area contributed by atoms with Crippen LogP contribution in [-0.2, 0) is 0 Å². The van der Waals surface area contributed by atoms with Crippen LogP contribution >= 0.6 is 23.2 Å². The van der Waals surface area contributed by atoms with Gasteiger partial charge in [-0.2, -0.15) is 5.10 Å². The summed E-state index contributed by atoms with van der Waals surface area (Å²) in [4.78, 5) is 4.09. The lowest BCUT2D eigenvalue weighted by molar-refractivity contribution is 0.243. The van der Waals surface area contributed by atoms with Crippen molar-refractivity contribution < 1.29 is 4.74 Å². The Hall–Kier alpha value is -1.78. The average molecular weight is 324 g/mol. The van der Waals surface area contributed by atoms with Gasteiger partial charge in [0.05, 0.1) is 22.4 Å². The van der Waals surface area contributed by atoms with Crippen LogP contribution in [0.4, 0.5) is 5.82 Å². The number of hydrogen-bond donors (Lipinski definition) is 1. The fourth-order valence-corrected chi connectivity index (χ4v) is 2.20. The highest BCUT2D eigenvalue weighted by Crippen LogP contribution is 2.34. The van der Waals surface area contributed by atoms with E-state index in [9.17, 15) is 0 Å². The lowest BCUT2D eigenvalue weighted by Crippen LogP contribution is -2.06. The van der Waals surface area contributed by atoms with Gasteiger partial charge in [0.15, 0.2) is 5.75 Å². The molecule has 1 aromatic carbocycles. The van der Waals surface area contributed by atoms with Crippen LogP contribution < -0.4 is 10.2 Å². The standard InChI is InChI=1S/C15H15Cl2N3O/c1-10(2)21-15-12(16)7-11(8-13(15)17)9-19-20-14-5-3-4-6-18-14/h3-10H,1-2H3,(H,18,20)/b19-9+. The van der Waals surface area contributed by atoms with Crippen LogP contribution in [0.15, 0.2) is 41.6 Å². The quantitative estimate of drug-likeness (QED) is 0.645. The van der Waals surface area contributed by atoms with E-state index in [2.05, 4.69) is 15.5 Å². The number of hydrazone groups is 1. The maximum atomic E-state index is 6.17. The van der Waals surface area contributed by atoms with Crippen molar-refractivity contribution in [3.63, 3.8) is 0 Å². The summed E-state index contributed by atoms with van der Waals surface area (Å²) in [5.74, 6) is 1.15. The van der Waals surface area contributed by atoms with E-state index in [1.54, 1.807) is 24.5 Å². The topological polar surface area (TPSA) is 46.5 Å². The van der Waals surface area contributed by atoms with Crippen LogP contribution in [-0.4, -0.2) is 17.3 Å². The highest BCUT2D eigenvalue weighted by Gasteiger charge is 2.10. The number of halogens is 2. The molecule has 0 saturated heterocycles. The molecule has 4 nitrogen and oxygen atoms in total. The summed E-state index contributed by atoms with van der Waals surface area (Å²) in [5, 5.41) is 5.00. The summed E-state index contributed by atoms with van der Waals surface area (Å²) in [5.41, 5.74) is 3.59. The number of nitrogens with one attached hydrogen (secondary N) is 1. The highest BCUT2D eigenvalue weighted by molar-refractivity contribution is 6.37. The Kier molecular flexibility index (Phi) is 5.42. The first kappa shape index (κ1) is 15.6. The fraction of sp³-hybridized carbons (Fsp3) is 0.200. The second-order valence-corrected chi connectivity index (χ2v) is 5.38. The van der Waals surface area contributed by atoms with E-state index < -0.39 is 0 Å². The number of ether oxygens (including phenoxy) is 1. The third kappa shape index (κ3) is 4.62. The Labute approximate surface area is 133 Å². The predicted molar refractivity (Wildman–Crippen MR) is 87.7 cm³/mol. The molecule has 2 rings (SSSR count). The zero-order valence-electron chi connectivity index (χ0n) is 11.7. The van der Waals surface area contributed by atoms with Gasteiger partial charge in [-0.25, -0.2) is 4.98 Å². The third-order valence-corrected chi connectivity index (χ3v) is 2.99. The van der Waals surface area contributed by atoms with Gasteiger partial charge in [0, 0.05) is 6.20 Å². The smallest absolute Gasteiger partial charge is 0.156 e. The van der Waals surface area contributed by atoms with Crippen LogP contribution in [0.3, 0.4) is 0 Å². The first-order valence-electron chi connectivity index (χ1n) is 6.42. The highest BCUT2D eigenvalue weighted by atomic mass is 35.5. The van der Waals surface area contributed by atoms with Gasteiger partial charge in [-0.15, -0.1) is 0 Å². The Morgan fingerprint density at radius 3 is 2.52 bits per heavy atom. The van der Waals surface area contributed by atoms with Gasteiger partial charge in [-0.3, -0.25) is 5.43 Å². The number of aromatic nitrogens is 1. The van der Waals surface area contributed by atoms with Gasteiger partial charge >= 0.3 is 0 Å². The molecular formula is C15H15Cl2N3O. The molecule has 2 aromatic rings. The largest absolute Gasteiger partial charge is 0.488 e. The van der Waals surface area contributed by atoms with E-state index in [0.29, 0.717) is 21.6 Å². The normalized spacial score (nSPS) is 11.1. The van der Waals surface area contributed by atoms with Gasteiger partial charge in [0.1, 0.15) is 5.82 Å². The van der Waals surface area contributed by atoms with Crippen LogP contribution in [0.1, 0.15) is 19.4 Å².